The van der Waals surface area contributed by atoms with Gasteiger partial charge in [-0.1, -0.05) is 12.1 Å². The molecule has 1 atom stereocenters. The maximum absolute atomic E-state index is 12.5. The van der Waals surface area contributed by atoms with Crippen LogP contribution < -0.4 is 5.32 Å². The summed E-state index contributed by atoms with van der Waals surface area (Å²) in [5.74, 6) is 0. The Bertz CT molecular complexity index is 537. The highest BCUT2D eigenvalue weighted by Gasteiger charge is 2.25. The highest BCUT2D eigenvalue weighted by atomic mass is 32.2. The topological polar surface area (TPSA) is 58.6 Å². The van der Waals surface area contributed by atoms with Crippen LogP contribution in [0.15, 0.2) is 29.2 Å². The molecule has 1 fully saturated rings. The molecule has 6 heteroatoms. The number of nitrogens with one attached hydrogen (secondary N) is 1. The minimum Gasteiger partial charge on any atom is -0.377 e. The van der Waals surface area contributed by atoms with Gasteiger partial charge in [-0.3, -0.25) is 0 Å². The van der Waals surface area contributed by atoms with Gasteiger partial charge in [-0.15, -0.1) is 0 Å². The Balaban J connectivity index is 2.05. The molecule has 0 bridgehead atoms. The van der Waals surface area contributed by atoms with Crippen molar-refractivity contribution in [3.05, 3.63) is 29.8 Å². The van der Waals surface area contributed by atoms with E-state index in [2.05, 4.69) is 5.32 Å². The van der Waals surface area contributed by atoms with E-state index >= 15 is 0 Å². The van der Waals surface area contributed by atoms with Crippen molar-refractivity contribution in [1.82, 2.24) is 9.62 Å². The largest absolute Gasteiger partial charge is 0.377 e. The first-order valence-corrected chi connectivity index (χ1v) is 8.79. The standard InChI is InChI=1S/C15H24N2O3S/c1-16-11-13-6-8-15(9-7-13)21(18,19)17(2)12-14-5-3-4-10-20-14/h6-9,14,16H,3-5,10-12H2,1-2H3. The molecular weight excluding hydrogens is 288 g/mol. The molecule has 0 amide bonds. The van der Waals surface area contributed by atoms with Crippen LogP contribution >= 0.6 is 0 Å². The normalized spacial score (nSPS) is 19.9. The van der Waals surface area contributed by atoms with Crippen molar-refractivity contribution in [2.24, 2.45) is 0 Å². The van der Waals surface area contributed by atoms with Gasteiger partial charge in [-0.05, 0) is 44.0 Å². The zero-order chi connectivity index (χ0) is 15.3. The van der Waals surface area contributed by atoms with Gasteiger partial charge in [0.15, 0.2) is 0 Å². The van der Waals surface area contributed by atoms with Gasteiger partial charge in [0.1, 0.15) is 0 Å². The lowest BCUT2D eigenvalue weighted by Crippen LogP contribution is -2.37. The molecular formula is C15H24N2O3S. The van der Waals surface area contributed by atoms with E-state index in [1.807, 2.05) is 19.2 Å². The minimum absolute atomic E-state index is 0.0158. The zero-order valence-corrected chi connectivity index (χ0v) is 13.5. The number of ether oxygens (including phenoxy) is 1. The lowest BCUT2D eigenvalue weighted by Gasteiger charge is -2.27. The first-order valence-electron chi connectivity index (χ1n) is 7.35. The molecule has 21 heavy (non-hydrogen) atoms. The third-order valence-corrected chi connectivity index (χ3v) is 5.58. The molecule has 1 aliphatic rings. The summed E-state index contributed by atoms with van der Waals surface area (Å²) in [4.78, 5) is 0.334. The van der Waals surface area contributed by atoms with Gasteiger partial charge in [0.2, 0.25) is 10.0 Å². The summed E-state index contributed by atoms with van der Waals surface area (Å²) >= 11 is 0. The first-order chi connectivity index (χ1) is 10.0. The summed E-state index contributed by atoms with van der Waals surface area (Å²) < 4.78 is 32.1. The van der Waals surface area contributed by atoms with Gasteiger partial charge in [0.05, 0.1) is 11.0 Å². The highest BCUT2D eigenvalue weighted by molar-refractivity contribution is 7.89. The van der Waals surface area contributed by atoms with Crippen molar-refractivity contribution in [2.45, 2.75) is 36.8 Å². The zero-order valence-electron chi connectivity index (χ0n) is 12.7. The van der Waals surface area contributed by atoms with E-state index in [-0.39, 0.29) is 6.10 Å². The smallest absolute Gasteiger partial charge is 0.242 e. The van der Waals surface area contributed by atoms with Crippen LogP contribution in [0.25, 0.3) is 0 Å². The Kier molecular flexibility index (Phi) is 5.75. The van der Waals surface area contributed by atoms with Crippen molar-refractivity contribution in [3.8, 4) is 0 Å². The van der Waals surface area contributed by atoms with Crippen LogP contribution in [0.4, 0.5) is 0 Å². The number of sulfonamides is 1. The molecule has 1 saturated heterocycles. The molecule has 2 rings (SSSR count). The fourth-order valence-corrected chi connectivity index (χ4v) is 3.70. The van der Waals surface area contributed by atoms with Gasteiger partial charge in [-0.25, -0.2) is 8.42 Å². The number of benzene rings is 1. The molecule has 1 N–H and O–H groups in total. The summed E-state index contributed by atoms with van der Waals surface area (Å²) in [6.45, 7) is 1.88. The summed E-state index contributed by atoms with van der Waals surface area (Å²) in [5.41, 5.74) is 1.06. The highest BCUT2D eigenvalue weighted by Crippen LogP contribution is 2.19. The summed E-state index contributed by atoms with van der Waals surface area (Å²) in [7, 11) is 0.0464. The SMILES string of the molecule is CNCc1ccc(S(=O)(=O)N(C)CC2CCCCO2)cc1. The predicted molar refractivity (Wildman–Crippen MR) is 82.6 cm³/mol. The Morgan fingerprint density at radius 1 is 1.29 bits per heavy atom. The van der Waals surface area contributed by atoms with Crippen molar-refractivity contribution in [2.75, 3.05) is 27.2 Å². The van der Waals surface area contributed by atoms with E-state index in [1.165, 1.54) is 4.31 Å². The number of rotatable bonds is 6. The van der Waals surface area contributed by atoms with E-state index in [0.29, 0.717) is 11.4 Å². The Morgan fingerprint density at radius 3 is 2.57 bits per heavy atom. The molecule has 1 aromatic carbocycles. The summed E-state index contributed by atoms with van der Waals surface area (Å²) in [6.07, 6.45) is 3.13. The maximum atomic E-state index is 12.5. The Hall–Kier alpha value is -0.950. The van der Waals surface area contributed by atoms with Gasteiger partial charge >= 0.3 is 0 Å². The maximum Gasteiger partial charge on any atom is 0.242 e. The molecule has 1 aromatic rings. The molecule has 1 aliphatic heterocycles. The van der Waals surface area contributed by atoms with E-state index in [4.69, 9.17) is 4.74 Å². The van der Waals surface area contributed by atoms with Crippen molar-refractivity contribution in [1.29, 1.82) is 0 Å². The van der Waals surface area contributed by atoms with Gasteiger partial charge in [0, 0.05) is 26.7 Å². The number of nitrogens with zero attached hydrogens (tertiary/aromatic N) is 1. The fourth-order valence-electron chi connectivity index (χ4n) is 2.50. The molecule has 0 aromatic heterocycles. The molecule has 0 saturated carbocycles. The minimum atomic E-state index is -3.44. The monoisotopic (exact) mass is 312 g/mol. The lowest BCUT2D eigenvalue weighted by molar-refractivity contribution is 0.00858. The van der Waals surface area contributed by atoms with Gasteiger partial charge in [-0.2, -0.15) is 4.31 Å². The average Bonchev–Trinajstić information content (AvgIpc) is 2.49. The van der Waals surface area contributed by atoms with Crippen LogP contribution in [0, 0.1) is 0 Å². The molecule has 0 aliphatic carbocycles. The van der Waals surface area contributed by atoms with E-state index < -0.39 is 10.0 Å². The van der Waals surface area contributed by atoms with Crippen molar-refractivity contribution in [3.63, 3.8) is 0 Å². The van der Waals surface area contributed by atoms with E-state index in [9.17, 15) is 8.42 Å². The lowest BCUT2D eigenvalue weighted by atomic mass is 10.1. The average molecular weight is 312 g/mol. The van der Waals surface area contributed by atoms with Crippen molar-refractivity contribution < 1.29 is 13.2 Å². The molecule has 1 heterocycles. The Labute approximate surface area is 127 Å². The fraction of sp³-hybridized carbons (Fsp3) is 0.600. The number of hydrogen-bond acceptors (Lipinski definition) is 4. The predicted octanol–water partition coefficient (Wildman–Crippen LogP) is 1.60. The first kappa shape index (κ1) is 16.4. The van der Waals surface area contributed by atoms with E-state index in [0.717, 1.165) is 38.0 Å². The Morgan fingerprint density at radius 2 is 2.00 bits per heavy atom. The van der Waals surface area contributed by atoms with Crippen LogP contribution in [0.1, 0.15) is 24.8 Å². The van der Waals surface area contributed by atoms with Crippen LogP contribution in [0.5, 0.6) is 0 Å². The number of hydrogen-bond donors (Lipinski definition) is 1. The quantitative estimate of drug-likeness (QED) is 0.867. The summed E-state index contributed by atoms with van der Waals surface area (Å²) in [6, 6.07) is 7.02. The molecule has 5 nitrogen and oxygen atoms in total. The second kappa shape index (κ2) is 7.35. The van der Waals surface area contributed by atoms with Gasteiger partial charge in [0.25, 0.3) is 0 Å². The molecule has 0 spiro atoms. The second-order valence-corrected chi connectivity index (χ2v) is 7.49. The van der Waals surface area contributed by atoms with Crippen molar-refractivity contribution >= 4 is 10.0 Å². The van der Waals surface area contributed by atoms with Crippen LogP contribution in [0.3, 0.4) is 0 Å². The third-order valence-electron chi connectivity index (χ3n) is 3.75. The van der Waals surface area contributed by atoms with Crippen LogP contribution in [-0.4, -0.2) is 46.1 Å². The molecule has 0 radical (unpaired) electrons. The number of likely N-dealkylation sites (N-methyl/N-ethyl adjacent to an activating group) is 1. The van der Waals surface area contributed by atoms with Crippen LogP contribution in [0.2, 0.25) is 0 Å². The van der Waals surface area contributed by atoms with E-state index in [1.54, 1.807) is 19.2 Å². The molecule has 1 unspecified atom stereocenters. The van der Waals surface area contributed by atoms with Gasteiger partial charge < -0.3 is 10.1 Å². The van der Waals surface area contributed by atoms with Crippen LogP contribution in [-0.2, 0) is 21.3 Å². The second-order valence-electron chi connectivity index (χ2n) is 5.45. The molecule has 118 valence electrons. The third kappa shape index (κ3) is 4.26. The summed E-state index contributed by atoms with van der Waals surface area (Å²) in [5, 5.41) is 3.04.